The molecule has 0 amide bonds. The first-order chi connectivity index (χ1) is 12.8. The quantitative estimate of drug-likeness (QED) is 0.637. The highest BCUT2D eigenvalue weighted by atomic mass is 35.5. The first kappa shape index (κ1) is 24.2. The lowest BCUT2D eigenvalue weighted by molar-refractivity contribution is 0.238. The van der Waals surface area contributed by atoms with Crippen molar-refractivity contribution in [1.29, 1.82) is 0 Å². The summed E-state index contributed by atoms with van der Waals surface area (Å²) >= 11 is 0. The molecule has 0 atom stereocenters. The number of anilines is 1. The predicted molar refractivity (Wildman–Crippen MR) is 119 cm³/mol. The van der Waals surface area contributed by atoms with E-state index >= 15 is 0 Å². The molecule has 1 aliphatic rings. The van der Waals surface area contributed by atoms with Crippen LogP contribution in [0.4, 0.5) is 5.69 Å². The van der Waals surface area contributed by atoms with Gasteiger partial charge in [0.25, 0.3) is 0 Å². The fourth-order valence-electron chi connectivity index (χ4n) is 3.27. The highest BCUT2D eigenvalue weighted by Gasteiger charge is 2.18. The minimum absolute atomic E-state index is 0. The summed E-state index contributed by atoms with van der Waals surface area (Å²) in [5, 5.41) is 9.26. The van der Waals surface area contributed by atoms with Gasteiger partial charge in [-0.1, -0.05) is 12.1 Å². The maximum atomic E-state index is 9.26. The number of rotatable bonds is 8. The van der Waals surface area contributed by atoms with E-state index in [9.17, 15) is 5.11 Å². The number of ether oxygens (including phenoxy) is 2. The monoisotopic (exact) mass is 428 g/mol. The van der Waals surface area contributed by atoms with Gasteiger partial charge >= 0.3 is 0 Å². The molecule has 0 radical (unpaired) electrons. The largest absolute Gasteiger partial charge is 0.508 e. The zero-order chi connectivity index (χ0) is 18.2. The summed E-state index contributed by atoms with van der Waals surface area (Å²) in [6.45, 7) is 6.05. The lowest BCUT2D eigenvalue weighted by Gasteiger charge is -2.36. The van der Waals surface area contributed by atoms with E-state index in [0.717, 1.165) is 57.1 Å². The van der Waals surface area contributed by atoms with Crippen LogP contribution in [0.5, 0.6) is 17.2 Å². The number of phenolic OH excluding ortho intramolecular Hbond substituents is 1. The average molecular weight is 429 g/mol. The van der Waals surface area contributed by atoms with Crippen molar-refractivity contribution < 1.29 is 14.6 Å². The van der Waals surface area contributed by atoms with Crippen molar-refractivity contribution in [3.05, 3.63) is 48.5 Å². The van der Waals surface area contributed by atoms with Gasteiger partial charge in [0.15, 0.2) is 0 Å². The molecule has 1 N–H and O–H groups in total. The van der Waals surface area contributed by atoms with Crippen LogP contribution in [0.3, 0.4) is 0 Å². The number of nitrogens with zero attached hydrogens (tertiary/aromatic N) is 2. The molecule has 3 rings (SSSR count). The molecule has 0 bridgehead atoms. The van der Waals surface area contributed by atoms with Crippen molar-refractivity contribution >= 4 is 30.5 Å². The first-order valence-electron chi connectivity index (χ1n) is 9.28. The van der Waals surface area contributed by atoms with Crippen LogP contribution in [0, 0.1) is 0 Å². The summed E-state index contributed by atoms with van der Waals surface area (Å²) in [5.74, 6) is 2.03. The number of piperazine rings is 1. The molecule has 156 valence electrons. The molecular weight excluding hydrogens is 399 g/mol. The number of aromatic hydroxyl groups is 1. The Kier molecular flexibility index (Phi) is 10.9. The number of hydrogen-bond donors (Lipinski definition) is 1. The first-order valence-corrected chi connectivity index (χ1v) is 9.28. The molecule has 5 nitrogen and oxygen atoms in total. The molecule has 1 fully saturated rings. The number of hydrogen-bond acceptors (Lipinski definition) is 5. The van der Waals surface area contributed by atoms with Gasteiger partial charge in [0.1, 0.15) is 17.2 Å². The Morgan fingerprint density at radius 3 is 2.25 bits per heavy atom. The second-order valence-corrected chi connectivity index (χ2v) is 6.55. The second kappa shape index (κ2) is 12.6. The third-order valence-electron chi connectivity index (χ3n) is 4.77. The lowest BCUT2D eigenvalue weighted by Crippen LogP contribution is -2.46. The standard InChI is InChI=1S/C21H28N2O3.2ClH/c1-25-21-7-3-2-6-20(21)23-15-13-22(14-16-23)12-4-5-17-26-19-10-8-18(24)9-11-19;;/h2-3,6-11,24H,4-5,12-17H2,1H3;2*1H. The van der Waals surface area contributed by atoms with Gasteiger partial charge in [-0.2, -0.15) is 0 Å². The van der Waals surface area contributed by atoms with Crippen molar-refractivity contribution in [3.63, 3.8) is 0 Å². The van der Waals surface area contributed by atoms with Crippen LogP contribution in [0.1, 0.15) is 12.8 Å². The second-order valence-electron chi connectivity index (χ2n) is 6.55. The van der Waals surface area contributed by atoms with Crippen LogP contribution in [0.15, 0.2) is 48.5 Å². The van der Waals surface area contributed by atoms with Crippen LogP contribution in [-0.4, -0.2) is 56.4 Å². The summed E-state index contributed by atoms with van der Waals surface area (Å²) in [6.07, 6.45) is 2.17. The van der Waals surface area contributed by atoms with E-state index in [1.54, 1.807) is 31.4 Å². The SMILES string of the molecule is COc1ccccc1N1CCN(CCCCOc2ccc(O)cc2)CC1.Cl.Cl. The predicted octanol–water partition coefficient (Wildman–Crippen LogP) is 4.23. The zero-order valence-electron chi connectivity index (χ0n) is 16.3. The van der Waals surface area contributed by atoms with Gasteiger partial charge in [0.05, 0.1) is 19.4 Å². The Bertz CT molecular complexity index is 678. The number of phenols is 1. The molecule has 0 unspecified atom stereocenters. The summed E-state index contributed by atoms with van der Waals surface area (Å²) < 4.78 is 11.2. The molecule has 28 heavy (non-hydrogen) atoms. The third-order valence-corrected chi connectivity index (χ3v) is 4.77. The van der Waals surface area contributed by atoms with Crippen LogP contribution in [0.25, 0.3) is 0 Å². The number of unbranched alkanes of at least 4 members (excludes halogenated alkanes) is 1. The summed E-state index contributed by atoms with van der Waals surface area (Å²) in [7, 11) is 1.73. The van der Waals surface area contributed by atoms with E-state index in [0.29, 0.717) is 6.61 Å². The van der Waals surface area contributed by atoms with Crippen molar-refractivity contribution in [3.8, 4) is 17.2 Å². The van der Waals surface area contributed by atoms with Crippen molar-refractivity contribution in [2.24, 2.45) is 0 Å². The van der Waals surface area contributed by atoms with Gasteiger partial charge in [-0.15, -0.1) is 24.8 Å². The van der Waals surface area contributed by atoms with E-state index in [1.165, 1.54) is 5.69 Å². The number of methoxy groups -OCH3 is 1. The third kappa shape index (κ3) is 6.97. The number of halogens is 2. The Morgan fingerprint density at radius 2 is 1.57 bits per heavy atom. The van der Waals surface area contributed by atoms with Gasteiger partial charge < -0.3 is 19.5 Å². The van der Waals surface area contributed by atoms with E-state index in [2.05, 4.69) is 21.9 Å². The Hall–Kier alpha value is -1.82. The fourth-order valence-corrected chi connectivity index (χ4v) is 3.27. The van der Waals surface area contributed by atoms with Crippen LogP contribution in [-0.2, 0) is 0 Å². The number of benzene rings is 2. The Balaban J connectivity index is 0.00000196. The summed E-state index contributed by atoms with van der Waals surface area (Å²) in [4.78, 5) is 4.93. The van der Waals surface area contributed by atoms with Crippen molar-refractivity contribution in [1.82, 2.24) is 4.90 Å². The molecule has 1 saturated heterocycles. The van der Waals surface area contributed by atoms with E-state index in [1.807, 2.05) is 12.1 Å². The van der Waals surface area contributed by atoms with Gasteiger partial charge in [-0.05, 0) is 55.8 Å². The minimum atomic E-state index is 0. The van der Waals surface area contributed by atoms with E-state index in [-0.39, 0.29) is 30.6 Å². The molecule has 0 aromatic heterocycles. The molecule has 0 saturated carbocycles. The van der Waals surface area contributed by atoms with Gasteiger partial charge in [0.2, 0.25) is 0 Å². The maximum absolute atomic E-state index is 9.26. The van der Waals surface area contributed by atoms with Crippen molar-refractivity contribution in [2.45, 2.75) is 12.8 Å². The summed E-state index contributed by atoms with van der Waals surface area (Å²) in [5.41, 5.74) is 1.19. The average Bonchev–Trinajstić information content (AvgIpc) is 2.69. The van der Waals surface area contributed by atoms with Crippen LogP contribution < -0.4 is 14.4 Å². The van der Waals surface area contributed by atoms with Gasteiger partial charge in [-0.3, -0.25) is 4.90 Å². The fraction of sp³-hybridized carbons (Fsp3) is 0.429. The molecule has 2 aromatic carbocycles. The summed E-state index contributed by atoms with van der Waals surface area (Å²) in [6, 6.07) is 15.1. The maximum Gasteiger partial charge on any atom is 0.142 e. The molecule has 1 heterocycles. The van der Waals surface area contributed by atoms with E-state index in [4.69, 9.17) is 9.47 Å². The minimum Gasteiger partial charge on any atom is -0.508 e. The Morgan fingerprint density at radius 1 is 0.893 bits per heavy atom. The molecule has 2 aromatic rings. The molecule has 0 spiro atoms. The molecule has 1 aliphatic heterocycles. The molecular formula is C21H30Cl2N2O3. The van der Waals surface area contributed by atoms with Crippen LogP contribution >= 0.6 is 24.8 Å². The highest BCUT2D eigenvalue weighted by Crippen LogP contribution is 2.28. The molecule has 7 heteroatoms. The lowest BCUT2D eigenvalue weighted by atomic mass is 10.2. The normalized spacial score (nSPS) is 14.0. The number of para-hydroxylation sites is 2. The smallest absolute Gasteiger partial charge is 0.142 e. The highest BCUT2D eigenvalue weighted by molar-refractivity contribution is 5.85. The van der Waals surface area contributed by atoms with E-state index < -0.39 is 0 Å². The topological polar surface area (TPSA) is 45.2 Å². The zero-order valence-corrected chi connectivity index (χ0v) is 17.9. The Labute approximate surface area is 180 Å². The van der Waals surface area contributed by atoms with Crippen LogP contribution in [0.2, 0.25) is 0 Å². The van der Waals surface area contributed by atoms with Crippen molar-refractivity contribution in [2.75, 3.05) is 51.3 Å². The van der Waals surface area contributed by atoms with Gasteiger partial charge in [0, 0.05) is 26.2 Å². The molecule has 0 aliphatic carbocycles. The van der Waals surface area contributed by atoms with Gasteiger partial charge in [-0.25, -0.2) is 0 Å².